The van der Waals surface area contributed by atoms with Gasteiger partial charge in [0.15, 0.2) is 10.9 Å². The first kappa shape index (κ1) is 23.2. The van der Waals surface area contributed by atoms with Gasteiger partial charge in [-0.05, 0) is 51.0 Å². The van der Waals surface area contributed by atoms with Gasteiger partial charge in [0.05, 0.1) is 11.4 Å². The number of aryl methyl sites for hydroxylation is 3. The number of hydrogen-bond acceptors (Lipinski definition) is 7. The van der Waals surface area contributed by atoms with Crippen molar-refractivity contribution in [2.24, 2.45) is 0 Å². The molecule has 3 rings (SSSR count). The normalized spacial score (nSPS) is 11.0. The van der Waals surface area contributed by atoms with E-state index in [4.69, 9.17) is 16.3 Å². The molecule has 164 valence electrons. The Labute approximate surface area is 190 Å². The van der Waals surface area contributed by atoms with Crippen LogP contribution in [0.4, 0.5) is 0 Å². The molecule has 0 atom stereocenters. The number of carbonyl (C=O) groups excluding carboxylic acids is 1. The topological polar surface area (TPSA) is 94.8 Å². The van der Waals surface area contributed by atoms with E-state index in [1.54, 1.807) is 11.8 Å². The Balaban J connectivity index is 1.90. The van der Waals surface area contributed by atoms with E-state index in [9.17, 15) is 4.79 Å². The maximum absolute atomic E-state index is 12.8. The molecule has 1 N–H and O–H groups in total. The molecule has 8 nitrogen and oxygen atoms in total. The molecule has 0 unspecified atom stereocenters. The number of halogens is 1. The predicted molar refractivity (Wildman–Crippen MR) is 121 cm³/mol. The molecule has 10 heteroatoms. The van der Waals surface area contributed by atoms with Crippen molar-refractivity contribution in [2.45, 2.75) is 38.1 Å². The lowest BCUT2D eigenvalue weighted by Crippen LogP contribution is -2.26. The van der Waals surface area contributed by atoms with Gasteiger partial charge in [0.1, 0.15) is 0 Å². The molecule has 3 aromatic rings. The zero-order valence-electron chi connectivity index (χ0n) is 18.0. The first-order valence-electron chi connectivity index (χ1n) is 9.82. The highest BCUT2D eigenvalue weighted by molar-refractivity contribution is 7.98. The number of nitrogens with zero attached hydrogens (tertiary/aromatic N) is 5. The minimum absolute atomic E-state index is 0.269. The second-order valence-electron chi connectivity index (χ2n) is 7.05. The molecule has 2 heterocycles. The molecule has 0 radical (unpaired) electrons. The number of hydrogen-bond donors (Lipinski definition) is 1. The van der Waals surface area contributed by atoms with Crippen LogP contribution in [-0.2, 0) is 10.5 Å². The fourth-order valence-corrected chi connectivity index (χ4v) is 4.04. The van der Waals surface area contributed by atoms with Crippen molar-refractivity contribution in [3.63, 3.8) is 0 Å². The van der Waals surface area contributed by atoms with Gasteiger partial charge >= 0.3 is 0 Å². The second-order valence-corrected chi connectivity index (χ2v) is 8.40. The summed E-state index contributed by atoms with van der Waals surface area (Å²) in [5.41, 5.74) is 4.40. The fourth-order valence-electron chi connectivity index (χ4n) is 2.92. The number of ether oxygens (including phenoxy) is 1. The SMILES string of the molecule is COCCCNC(=O)c1nnn(-c2ccc(C)c(Cl)c2)c1CSc1nc(C)cc(C)n1. The van der Waals surface area contributed by atoms with E-state index in [1.165, 1.54) is 11.8 Å². The highest BCUT2D eigenvalue weighted by Gasteiger charge is 2.21. The Morgan fingerprint density at radius 2 is 1.94 bits per heavy atom. The molecule has 1 amide bonds. The fraction of sp³-hybridized carbons (Fsp3) is 0.381. The van der Waals surface area contributed by atoms with Crippen molar-refractivity contribution in [1.29, 1.82) is 0 Å². The molecular weight excluding hydrogens is 436 g/mol. The molecule has 1 aromatic carbocycles. The molecule has 0 saturated carbocycles. The number of rotatable bonds is 9. The number of thioether (sulfide) groups is 1. The van der Waals surface area contributed by atoms with E-state index in [0.717, 1.165) is 22.6 Å². The van der Waals surface area contributed by atoms with E-state index in [-0.39, 0.29) is 11.6 Å². The van der Waals surface area contributed by atoms with Crippen LogP contribution in [0.3, 0.4) is 0 Å². The summed E-state index contributed by atoms with van der Waals surface area (Å²) in [5, 5.41) is 12.5. The lowest BCUT2D eigenvalue weighted by molar-refractivity contribution is 0.0943. The Morgan fingerprint density at radius 1 is 1.19 bits per heavy atom. The van der Waals surface area contributed by atoms with E-state index in [2.05, 4.69) is 25.6 Å². The zero-order chi connectivity index (χ0) is 22.4. The van der Waals surface area contributed by atoms with E-state index in [1.807, 2.05) is 45.0 Å². The average Bonchev–Trinajstić information content (AvgIpc) is 3.15. The van der Waals surface area contributed by atoms with Crippen LogP contribution >= 0.6 is 23.4 Å². The number of amides is 1. The lowest BCUT2D eigenvalue weighted by Gasteiger charge is -2.10. The van der Waals surface area contributed by atoms with Gasteiger partial charge in [0.25, 0.3) is 5.91 Å². The Hall–Kier alpha value is -2.49. The zero-order valence-corrected chi connectivity index (χ0v) is 19.5. The highest BCUT2D eigenvalue weighted by atomic mass is 35.5. The van der Waals surface area contributed by atoms with Crippen LogP contribution in [0, 0.1) is 20.8 Å². The van der Waals surface area contributed by atoms with Crippen LogP contribution in [-0.4, -0.2) is 51.1 Å². The van der Waals surface area contributed by atoms with Crippen LogP contribution in [0.25, 0.3) is 5.69 Å². The van der Waals surface area contributed by atoms with Crippen molar-refractivity contribution in [3.05, 3.63) is 57.6 Å². The summed E-state index contributed by atoms with van der Waals surface area (Å²) in [6, 6.07) is 7.54. The second kappa shape index (κ2) is 10.7. The van der Waals surface area contributed by atoms with Crippen molar-refractivity contribution in [3.8, 4) is 5.69 Å². The Kier molecular flexibility index (Phi) is 8.00. The molecule has 2 aromatic heterocycles. The highest BCUT2D eigenvalue weighted by Crippen LogP contribution is 2.25. The molecule has 0 fully saturated rings. The maximum atomic E-state index is 12.8. The van der Waals surface area contributed by atoms with Crippen LogP contribution in [0.15, 0.2) is 29.4 Å². The van der Waals surface area contributed by atoms with Crippen molar-refractivity contribution >= 4 is 29.3 Å². The third-order valence-electron chi connectivity index (χ3n) is 4.49. The van der Waals surface area contributed by atoms with E-state index >= 15 is 0 Å². The van der Waals surface area contributed by atoms with E-state index in [0.29, 0.717) is 41.2 Å². The summed E-state index contributed by atoms with van der Waals surface area (Å²) >= 11 is 7.74. The minimum Gasteiger partial charge on any atom is -0.385 e. The third-order valence-corrected chi connectivity index (χ3v) is 5.75. The first-order chi connectivity index (χ1) is 14.9. The lowest BCUT2D eigenvalue weighted by atomic mass is 10.2. The largest absolute Gasteiger partial charge is 0.385 e. The van der Waals surface area contributed by atoms with Crippen LogP contribution in [0.1, 0.15) is 39.6 Å². The van der Waals surface area contributed by atoms with Crippen LogP contribution in [0.2, 0.25) is 5.02 Å². The van der Waals surface area contributed by atoms with Gasteiger partial charge in [-0.2, -0.15) is 0 Å². The first-order valence-corrected chi connectivity index (χ1v) is 11.2. The van der Waals surface area contributed by atoms with Crippen LogP contribution < -0.4 is 5.32 Å². The van der Waals surface area contributed by atoms with Gasteiger partial charge in [0.2, 0.25) is 0 Å². The molecule has 31 heavy (non-hydrogen) atoms. The van der Waals surface area contributed by atoms with Crippen LogP contribution in [0.5, 0.6) is 0 Å². The van der Waals surface area contributed by atoms with Gasteiger partial charge in [-0.15, -0.1) is 5.10 Å². The maximum Gasteiger partial charge on any atom is 0.273 e. The smallest absolute Gasteiger partial charge is 0.273 e. The molecule has 0 bridgehead atoms. The number of aromatic nitrogens is 5. The number of carbonyl (C=O) groups is 1. The van der Waals surface area contributed by atoms with Gasteiger partial charge in [-0.3, -0.25) is 4.79 Å². The van der Waals surface area contributed by atoms with Gasteiger partial charge < -0.3 is 10.1 Å². The number of methoxy groups -OCH3 is 1. The van der Waals surface area contributed by atoms with Crippen molar-refractivity contribution in [2.75, 3.05) is 20.3 Å². The summed E-state index contributed by atoms with van der Waals surface area (Å²) < 4.78 is 6.67. The minimum atomic E-state index is -0.280. The molecule has 0 spiro atoms. The Bertz CT molecular complexity index is 1050. The van der Waals surface area contributed by atoms with Gasteiger partial charge in [0, 0.05) is 42.4 Å². The number of benzene rings is 1. The number of nitrogens with one attached hydrogen (secondary N) is 1. The summed E-state index contributed by atoms with van der Waals surface area (Å²) in [7, 11) is 1.63. The predicted octanol–water partition coefficient (Wildman–Crippen LogP) is 3.69. The van der Waals surface area contributed by atoms with Gasteiger partial charge in [-0.1, -0.05) is 34.6 Å². The summed E-state index contributed by atoms with van der Waals surface area (Å²) in [6.45, 7) is 6.85. The summed E-state index contributed by atoms with van der Waals surface area (Å²) in [5.74, 6) is 0.139. The summed E-state index contributed by atoms with van der Waals surface area (Å²) in [4.78, 5) is 21.7. The summed E-state index contributed by atoms with van der Waals surface area (Å²) in [6.07, 6.45) is 0.713. The van der Waals surface area contributed by atoms with Crippen molar-refractivity contribution < 1.29 is 9.53 Å². The molecular formula is C21H25ClN6O2S. The van der Waals surface area contributed by atoms with Crippen molar-refractivity contribution in [1.82, 2.24) is 30.3 Å². The molecule has 0 aliphatic heterocycles. The third kappa shape index (κ3) is 6.03. The molecule has 0 aliphatic rings. The van der Waals surface area contributed by atoms with Gasteiger partial charge in [-0.25, -0.2) is 14.6 Å². The average molecular weight is 461 g/mol. The quantitative estimate of drug-likeness (QED) is 0.295. The van der Waals surface area contributed by atoms with E-state index < -0.39 is 0 Å². The standard InChI is InChI=1S/C21H25ClN6O2S/c1-13-6-7-16(11-17(13)22)28-18(12-31-21-24-14(2)10-15(3)25-21)19(26-27-28)20(29)23-8-5-9-30-4/h6-7,10-11H,5,8-9,12H2,1-4H3,(H,23,29). The Morgan fingerprint density at radius 3 is 2.61 bits per heavy atom. The molecule has 0 aliphatic carbocycles. The monoisotopic (exact) mass is 460 g/mol. The molecule has 0 saturated heterocycles.